The molecule has 4 saturated carbocycles. The number of hydrogen-bond donors (Lipinski definition) is 1. The van der Waals surface area contributed by atoms with Crippen LogP contribution in [0.2, 0.25) is 0 Å². The van der Waals surface area contributed by atoms with Gasteiger partial charge < -0.3 is 14.6 Å². The van der Waals surface area contributed by atoms with Crippen molar-refractivity contribution in [1.82, 2.24) is 10.2 Å². The van der Waals surface area contributed by atoms with E-state index in [1.165, 1.54) is 44.8 Å². The topological polar surface area (TPSA) is 62.6 Å². The van der Waals surface area contributed by atoms with E-state index in [-0.39, 0.29) is 29.3 Å². The lowest BCUT2D eigenvalue weighted by Crippen LogP contribution is -2.59. The molecule has 2 unspecified atom stereocenters. The highest BCUT2D eigenvalue weighted by atomic mass is 16.3. The first-order chi connectivity index (χ1) is 13.5. The Kier molecular flexibility index (Phi) is 4.52. The Morgan fingerprint density at radius 2 is 1.82 bits per heavy atom. The van der Waals surface area contributed by atoms with Crippen LogP contribution in [0.15, 0.2) is 22.8 Å². The average molecular weight is 385 g/mol. The van der Waals surface area contributed by atoms with Gasteiger partial charge in [-0.05, 0) is 100 Å². The van der Waals surface area contributed by atoms with Crippen molar-refractivity contribution in [3.05, 3.63) is 24.2 Å². The normalized spacial score (nSPS) is 37.7. The Hall–Kier alpha value is -1.78. The lowest BCUT2D eigenvalue weighted by molar-refractivity contribution is -0.131. The Morgan fingerprint density at radius 1 is 1.14 bits per heavy atom. The lowest BCUT2D eigenvalue weighted by Gasteiger charge is -2.59. The molecule has 5 heteroatoms. The molecule has 152 valence electrons. The molecule has 1 aromatic heterocycles. The number of carbonyl (C=O) groups excluding carboxylic acids is 2. The van der Waals surface area contributed by atoms with E-state index in [1.807, 2.05) is 0 Å². The predicted octanol–water partition coefficient (Wildman–Crippen LogP) is 4.00. The van der Waals surface area contributed by atoms with Gasteiger partial charge in [-0.1, -0.05) is 0 Å². The first-order valence-corrected chi connectivity index (χ1v) is 11.2. The van der Waals surface area contributed by atoms with Crippen LogP contribution in [-0.4, -0.2) is 35.3 Å². The highest BCUT2D eigenvalue weighted by Crippen LogP contribution is 2.61. The predicted molar refractivity (Wildman–Crippen MR) is 106 cm³/mol. The highest BCUT2D eigenvalue weighted by molar-refractivity contribution is 5.95. The van der Waals surface area contributed by atoms with E-state index in [2.05, 4.69) is 12.2 Å². The maximum atomic E-state index is 13.3. The molecule has 1 aromatic rings. The second-order valence-electron chi connectivity index (χ2n) is 10.00. The minimum absolute atomic E-state index is 0.0304. The maximum Gasteiger partial charge on any atom is 0.290 e. The molecule has 1 saturated heterocycles. The van der Waals surface area contributed by atoms with Crippen molar-refractivity contribution in [3.63, 3.8) is 0 Å². The van der Waals surface area contributed by atoms with Crippen LogP contribution in [0.5, 0.6) is 0 Å². The summed E-state index contributed by atoms with van der Waals surface area (Å²) < 4.78 is 5.30. The Balaban J connectivity index is 1.29. The van der Waals surface area contributed by atoms with Gasteiger partial charge in [0.25, 0.3) is 5.91 Å². The van der Waals surface area contributed by atoms with Gasteiger partial charge in [0.15, 0.2) is 5.76 Å². The van der Waals surface area contributed by atoms with Crippen molar-refractivity contribution in [2.24, 2.45) is 23.2 Å². The van der Waals surface area contributed by atoms with Crippen molar-refractivity contribution < 1.29 is 14.0 Å². The number of carbonyl (C=O) groups is 2. The van der Waals surface area contributed by atoms with Crippen LogP contribution < -0.4 is 5.32 Å². The van der Waals surface area contributed by atoms with Crippen LogP contribution >= 0.6 is 0 Å². The standard InChI is InChI=1S/C23H32N2O3/c1-15(23-12-16-9-17(13-23)11-18(10-16)14-23)24-21(26)19-5-2-3-7-25(19)22(27)20-6-4-8-28-20/h4,6,8,15-19H,2-3,5,7,9-14H2,1H3,(H,24,26). The Bertz CT molecular complexity index is 706. The summed E-state index contributed by atoms with van der Waals surface area (Å²) in [4.78, 5) is 27.8. The third-order valence-electron chi connectivity index (χ3n) is 8.16. The number of nitrogens with zero attached hydrogens (tertiary/aromatic N) is 1. The molecule has 1 aliphatic heterocycles. The van der Waals surface area contributed by atoms with Crippen LogP contribution in [0.4, 0.5) is 0 Å². The molecule has 2 amide bonds. The first kappa shape index (κ1) is 18.3. The van der Waals surface area contributed by atoms with Gasteiger partial charge >= 0.3 is 0 Å². The molecule has 4 aliphatic carbocycles. The molecule has 0 spiro atoms. The summed E-state index contributed by atoms with van der Waals surface area (Å²) in [7, 11) is 0. The van der Waals surface area contributed by atoms with E-state index < -0.39 is 0 Å². The number of nitrogens with one attached hydrogen (secondary N) is 1. The highest BCUT2D eigenvalue weighted by Gasteiger charge is 2.53. The molecular weight excluding hydrogens is 352 g/mol. The minimum atomic E-state index is -0.372. The monoisotopic (exact) mass is 384 g/mol. The quantitative estimate of drug-likeness (QED) is 0.854. The number of likely N-dealkylation sites (tertiary alicyclic amines) is 1. The number of piperidine rings is 1. The van der Waals surface area contributed by atoms with E-state index >= 15 is 0 Å². The first-order valence-electron chi connectivity index (χ1n) is 11.2. The molecule has 5 aliphatic rings. The van der Waals surface area contributed by atoms with Gasteiger partial charge in [0.2, 0.25) is 5.91 Å². The lowest BCUT2D eigenvalue weighted by atomic mass is 9.48. The van der Waals surface area contributed by atoms with Gasteiger partial charge in [0.1, 0.15) is 6.04 Å². The van der Waals surface area contributed by atoms with E-state index in [1.54, 1.807) is 17.0 Å². The fourth-order valence-electron chi connectivity index (χ4n) is 7.16. The van der Waals surface area contributed by atoms with Crippen molar-refractivity contribution in [1.29, 1.82) is 0 Å². The van der Waals surface area contributed by atoms with Crippen molar-refractivity contribution in [2.45, 2.75) is 76.8 Å². The molecule has 4 bridgehead atoms. The number of hydrogen-bond acceptors (Lipinski definition) is 3. The smallest absolute Gasteiger partial charge is 0.290 e. The minimum Gasteiger partial charge on any atom is -0.459 e. The van der Waals surface area contributed by atoms with Gasteiger partial charge in [-0.25, -0.2) is 0 Å². The summed E-state index contributed by atoms with van der Waals surface area (Å²) in [5, 5.41) is 3.37. The molecule has 5 nitrogen and oxygen atoms in total. The molecule has 2 atom stereocenters. The average Bonchev–Trinajstić information content (AvgIpc) is 3.21. The fraction of sp³-hybridized carbons (Fsp3) is 0.739. The number of furan rings is 1. The van der Waals surface area contributed by atoms with Gasteiger partial charge in [-0.3, -0.25) is 9.59 Å². The van der Waals surface area contributed by atoms with Crippen LogP contribution in [0.1, 0.15) is 75.3 Å². The third-order valence-corrected chi connectivity index (χ3v) is 8.16. The molecule has 0 radical (unpaired) electrons. The summed E-state index contributed by atoms with van der Waals surface area (Å²) in [5.41, 5.74) is 0.287. The van der Waals surface area contributed by atoms with E-state index in [0.29, 0.717) is 12.3 Å². The summed E-state index contributed by atoms with van der Waals surface area (Å²) in [6, 6.07) is 3.23. The number of rotatable bonds is 4. The molecule has 6 rings (SSSR count). The van der Waals surface area contributed by atoms with Gasteiger partial charge in [0.05, 0.1) is 6.26 Å². The van der Waals surface area contributed by atoms with Gasteiger partial charge in [-0.2, -0.15) is 0 Å². The molecule has 5 fully saturated rings. The number of amides is 2. The Labute approximate surface area is 167 Å². The molecule has 28 heavy (non-hydrogen) atoms. The van der Waals surface area contributed by atoms with Crippen LogP contribution in [0.3, 0.4) is 0 Å². The van der Waals surface area contributed by atoms with Crippen LogP contribution in [-0.2, 0) is 4.79 Å². The summed E-state index contributed by atoms with van der Waals surface area (Å²) in [5.74, 6) is 2.82. The maximum absolute atomic E-state index is 13.3. The largest absolute Gasteiger partial charge is 0.459 e. The van der Waals surface area contributed by atoms with E-state index in [9.17, 15) is 9.59 Å². The zero-order valence-corrected chi connectivity index (χ0v) is 16.9. The van der Waals surface area contributed by atoms with Crippen molar-refractivity contribution in [3.8, 4) is 0 Å². The second-order valence-corrected chi connectivity index (χ2v) is 10.00. The summed E-state index contributed by atoms with van der Waals surface area (Å²) >= 11 is 0. The van der Waals surface area contributed by atoms with Gasteiger partial charge in [-0.15, -0.1) is 0 Å². The Morgan fingerprint density at radius 3 is 2.43 bits per heavy atom. The molecule has 1 N–H and O–H groups in total. The molecule has 2 heterocycles. The fourth-order valence-corrected chi connectivity index (χ4v) is 7.16. The third kappa shape index (κ3) is 3.07. The summed E-state index contributed by atoms with van der Waals surface area (Å²) in [6.45, 7) is 2.84. The second kappa shape index (κ2) is 6.93. The summed E-state index contributed by atoms with van der Waals surface area (Å²) in [6.07, 6.45) is 12.3. The SMILES string of the molecule is CC(NC(=O)C1CCCCN1C(=O)c1ccco1)C12CC3CC(CC(C3)C1)C2. The van der Waals surface area contributed by atoms with Crippen LogP contribution in [0.25, 0.3) is 0 Å². The molecular formula is C23H32N2O3. The molecule has 0 aromatic carbocycles. The van der Waals surface area contributed by atoms with Crippen LogP contribution in [0, 0.1) is 23.2 Å². The van der Waals surface area contributed by atoms with Crippen molar-refractivity contribution >= 4 is 11.8 Å². The zero-order chi connectivity index (χ0) is 19.3. The van der Waals surface area contributed by atoms with Gasteiger partial charge in [0, 0.05) is 12.6 Å². The van der Waals surface area contributed by atoms with E-state index in [4.69, 9.17) is 4.42 Å². The van der Waals surface area contributed by atoms with Crippen molar-refractivity contribution in [2.75, 3.05) is 6.54 Å². The van der Waals surface area contributed by atoms with E-state index in [0.717, 1.165) is 37.0 Å². The zero-order valence-electron chi connectivity index (χ0n) is 16.9.